The summed E-state index contributed by atoms with van der Waals surface area (Å²) in [4.78, 5) is 23.4. The molecule has 0 amide bonds. The molecule has 29 heavy (non-hydrogen) atoms. The fourth-order valence-corrected chi connectivity index (χ4v) is 3.03. The number of aliphatic hydroxyl groups excluding tert-OH is 3. The molecule has 0 aliphatic carbocycles. The third kappa shape index (κ3) is 5.20. The summed E-state index contributed by atoms with van der Waals surface area (Å²) < 4.78 is 21.0. The van der Waals surface area contributed by atoms with Gasteiger partial charge in [-0.05, 0) is 18.6 Å². The zero-order valence-corrected chi connectivity index (χ0v) is 15.8. The Bertz CT molecular complexity index is 735. The molecule has 0 saturated carbocycles. The zero-order chi connectivity index (χ0) is 21.0. The highest BCUT2D eigenvalue weighted by Gasteiger charge is 2.47. The SMILES string of the molecule is C[C@H]1C(=O)OC[C@@H]1O[C@@H]1O[C@H](COC(=O)/C=C/c2ccccc2)[C@@H](O)[C@H](O)[C@H]1O. The van der Waals surface area contributed by atoms with Crippen LogP contribution >= 0.6 is 0 Å². The highest BCUT2D eigenvalue weighted by Crippen LogP contribution is 2.27. The van der Waals surface area contributed by atoms with Crippen LogP contribution in [-0.4, -0.2) is 77.3 Å². The maximum atomic E-state index is 11.9. The fourth-order valence-electron chi connectivity index (χ4n) is 3.03. The van der Waals surface area contributed by atoms with Crippen molar-refractivity contribution in [1.29, 1.82) is 0 Å². The minimum atomic E-state index is -1.58. The molecule has 2 heterocycles. The number of benzene rings is 1. The number of ether oxygens (including phenoxy) is 4. The van der Waals surface area contributed by atoms with Crippen molar-refractivity contribution in [1.82, 2.24) is 0 Å². The Kier molecular flexibility index (Phi) is 6.99. The summed E-state index contributed by atoms with van der Waals surface area (Å²) in [5.74, 6) is -1.66. The lowest BCUT2D eigenvalue weighted by molar-refractivity contribution is -0.313. The second-order valence-electron chi connectivity index (χ2n) is 6.98. The van der Waals surface area contributed by atoms with Crippen molar-refractivity contribution in [2.75, 3.05) is 13.2 Å². The van der Waals surface area contributed by atoms with Crippen LogP contribution in [0.25, 0.3) is 6.08 Å². The Morgan fingerprint density at radius 2 is 1.90 bits per heavy atom. The minimum Gasteiger partial charge on any atom is -0.463 e. The molecule has 2 aliphatic rings. The summed E-state index contributed by atoms with van der Waals surface area (Å²) in [7, 11) is 0. The van der Waals surface area contributed by atoms with E-state index < -0.39 is 54.7 Å². The van der Waals surface area contributed by atoms with Crippen molar-refractivity contribution < 1.29 is 43.9 Å². The van der Waals surface area contributed by atoms with Crippen molar-refractivity contribution >= 4 is 18.0 Å². The van der Waals surface area contributed by atoms with E-state index in [0.29, 0.717) is 0 Å². The van der Waals surface area contributed by atoms with Gasteiger partial charge in [-0.2, -0.15) is 0 Å². The van der Waals surface area contributed by atoms with E-state index in [0.717, 1.165) is 5.56 Å². The van der Waals surface area contributed by atoms with Crippen LogP contribution in [0.1, 0.15) is 12.5 Å². The molecule has 0 bridgehead atoms. The van der Waals surface area contributed by atoms with Crippen LogP contribution in [0.15, 0.2) is 36.4 Å². The predicted octanol–water partition coefficient (Wildman–Crippen LogP) is -0.371. The molecule has 1 aromatic rings. The molecule has 9 heteroatoms. The van der Waals surface area contributed by atoms with E-state index in [4.69, 9.17) is 18.9 Å². The third-order valence-electron chi connectivity index (χ3n) is 4.90. The molecule has 3 rings (SSSR count). The summed E-state index contributed by atoms with van der Waals surface area (Å²) >= 11 is 0. The van der Waals surface area contributed by atoms with Gasteiger partial charge < -0.3 is 34.3 Å². The summed E-state index contributed by atoms with van der Waals surface area (Å²) in [5.41, 5.74) is 0.813. The Morgan fingerprint density at radius 3 is 2.55 bits per heavy atom. The van der Waals surface area contributed by atoms with Crippen LogP contribution in [0, 0.1) is 5.92 Å². The molecule has 0 unspecified atom stereocenters. The monoisotopic (exact) mass is 408 g/mol. The van der Waals surface area contributed by atoms with E-state index in [1.165, 1.54) is 6.08 Å². The van der Waals surface area contributed by atoms with Crippen LogP contribution in [0.3, 0.4) is 0 Å². The Labute approximate surface area is 167 Å². The average Bonchev–Trinajstić information content (AvgIpc) is 3.04. The molecule has 9 nitrogen and oxygen atoms in total. The summed E-state index contributed by atoms with van der Waals surface area (Å²) in [5, 5.41) is 30.3. The van der Waals surface area contributed by atoms with Crippen molar-refractivity contribution in [2.24, 2.45) is 5.92 Å². The first kappa shape index (κ1) is 21.4. The Morgan fingerprint density at radius 1 is 1.17 bits per heavy atom. The lowest BCUT2D eigenvalue weighted by Gasteiger charge is -2.40. The number of hydrogen-bond acceptors (Lipinski definition) is 9. The van der Waals surface area contributed by atoms with E-state index in [1.807, 2.05) is 30.3 Å². The van der Waals surface area contributed by atoms with Gasteiger partial charge in [0.05, 0.1) is 5.92 Å². The molecule has 2 aliphatic heterocycles. The number of rotatable bonds is 6. The number of cyclic esters (lactones) is 1. The number of hydrogen-bond donors (Lipinski definition) is 3. The molecule has 0 spiro atoms. The van der Waals surface area contributed by atoms with Gasteiger partial charge in [0.15, 0.2) is 6.29 Å². The quantitative estimate of drug-likeness (QED) is 0.426. The lowest BCUT2D eigenvalue weighted by atomic mass is 9.99. The highest BCUT2D eigenvalue weighted by molar-refractivity contribution is 5.87. The predicted molar refractivity (Wildman–Crippen MR) is 98.1 cm³/mol. The first-order chi connectivity index (χ1) is 13.9. The van der Waals surface area contributed by atoms with Gasteiger partial charge in [0, 0.05) is 6.08 Å². The standard InChI is InChI=1S/C20H24O9/c1-11-13(9-27-19(11)25)28-20-18(24)17(23)16(22)14(29-20)10-26-15(21)8-7-12-5-3-2-4-6-12/h2-8,11,13-14,16-18,20,22-24H,9-10H2,1H3/b8-7+/t11-,13+,14-,16-,17+,18-,20-/m1/s1. The van der Waals surface area contributed by atoms with Crippen molar-refractivity contribution in [2.45, 2.75) is 43.7 Å². The van der Waals surface area contributed by atoms with E-state index in [2.05, 4.69) is 0 Å². The normalized spacial score (nSPS) is 34.9. The van der Waals surface area contributed by atoms with Gasteiger partial charge in [-0.15, -0.1) is 0 Å². The molecule has 3 N–H and O–H groups in total. The van der Waals surface area contributed by atoms with Gasteiger partial charge in [-0.25, -0.2) is 4.79 Å². The Hall–Kier alpha value is -2.30. The minimum absolute atomic E-state index is 0.00480. The molecule has 2 fully saturated rings. The van der Waals surface area contributed by atoms with E-state index in [9.17, 15) is 24.9 Å². The van der Waals surface area contributed by atoms with Crippen LogP contribution in [0.2, 0.25) is 0 Å². The lowest BCUT2D eigenvalue weighted by Crippen LogP contribution is -2.60. The molecular weight excluding hydrogens is 384 g/mol. The third-order valence-corrected chi connectivity index (χ3v) is 4.90. The van der Waals surface area contributed by atoms with Gasteiger partial charge in [0.1, 0.15) is 43.7 Å². The molecule has 0 aromatic heterocycles. The number of carbonyl (C=O) groups is 2. The van der Waals surface area contributed by atoms with Crippen LogP contribution < -0.4 is 0 Å². The van der Waals surface area contributed by atoms with Crippen molar-refractivity contribution in [3.63, 3.8) is 0 Å². The second kappa shape index (κ2) is 9.47. The largest absolute Gasteiger partial charge is 0.463 e. The zero-order valence-electron chi connectivity index (χ0n) is 15.8. The topological polar surface area (TPSA) is 132 Å². The molecule has 158 valence electrons. The Balaban J connectivity index is 1.55. The molecule has 1 aromatic carbocycles. The van der Waals surface area contributed by atoms with Gasteiger partial charge in [0.25, 0.3) is 0 Å². The van der Waals surface area contributed by atoms with Gasteiger partial charge in [0.2, 0.25) is 0 Å². The number of aliphatic hydroxyl groups is 3. The maximum Gasteiger partial charge on any atom is 0.330 e. The van der Waals surface area contributed by atoms with E-state index in [-0.39, 0.29) is 13.2 Å². The van der Waals surface area contributed by atoms with Crippen LogP contribution in [0.5, 0.6) is 0 Å². The average molecular weight is 408 g/mol. The first-order valence-electron chi connectivity index (χ1n) is 9.28. The van der Waals surface area contributed by atoms with Crippen molar-refractivity contribution in [3.05, 3.63) is 42.0 Å². The summed E-state index contributed by atoms with van der Waals surface area (Å²) in [6, 6.07) is 9.14. The van der Waals surface area contributed by atoms with E-state index >= 15 is 0 Å². The van der Waals surface area contributed by atoms with Crippen LogP contribution in [0.4, 0.5) is 0 Å². The molecule has 2 saturated heterocycles. The number of carbonyl (C=O) groups excluding carboxylic acids is 2. The number of esters is 2. The highest BCUT2D eigenvalue weighted by atomic mass is 16.7. The van der Waals surface area contributed by atoms with Crippen molar-refractivity contribution in [3.8, 4) is 0 Å². The molecular formula is C20H24O9. The molecule has 0 radical (unpaired) electrons. The van der Waals surface area contributed by atoms with E-state index in [1.54, 1.807) is 13.0 Å². The fraction of sp³-hybridized carbons (Fsp3) is 0.500. The van der Waals surface area contributed by atoms with Gasteiger partial charge in [-0.3, -0.25) is 4.79 Å². The van der Waals surface area contributed by atoms with Gasteiger partial charge in [-0.1, -0.05) is 30.3 Å². The molecule has 7 atom stereocenters. The van der Waals surface area contributed by atoms with Gasteiger partial charge >= 0.3 is 11.9 Å². The van der Waals surface area contributed by atoms with Crippen LogP contribution in [-0.2, 0) is 28.5 Å². The summed E-state index contributed by atoms with van der Waals surface area (Å²) in [6.45, 7) is 1.24. The maximum absolute atomic E-state index is 11.9. The first-order valence-corrected chi connectivity index (χ1v) is 9.28. The second-order valence-corrected chi connectivity index (χ2v) is 6.98. The summed E-state index contributed by atoms with van der Waals surface area (Å²) in [6.07, 6.45) is -4.92. The smallest absolute Gasteiger partial charge is 0.330 e.